The third-order valence-electron chi connectivity index (χ3n) is 2.79. The van der Waals surface area contributed by atoms with Crippen LogP contribution < -0.4 is 5.73 Å². The van der Waals surface area contributed by atoms with E-state index in [1.165, 1.54) is 23.6 Å². The summed E-state index contributed by atoms with van der Waals surface area (Å²) in [5.74, 6) is 3.19. The van der Waals surface area contributed by atoms with Crippen molar-refractivity contribution in [2.24, 2.45) is 5.73 Å². The second-order valence-corrected chi connectivity index (χ2v) is 6.99. The van der Waals surface area contributed by atoms with Crippen molar-refractivity contribution in [3.8, 4) is 0 Å². The molecular weight excluding hydrogens is 277 g/mol. The minimum Gasteiger partial charge on any atom is -0.326 e. The molecule has 1 saturated heterocycles. The van der Waals surface area contributed by atoms with E-state index < -0.39 is 0 Å². The van der Waals surface area contributed by atoms with Gasteiger partial charge in [0.25, 0.3) is 0 Å². The van der Waals surface area contributed by atoms with Gasteiger partial charge in [-0.3, -0.25) is 0 Å². The quantitative estimate of drug-likeness (QED) is 0.926. The van der Waals surface area contributed by atoms with Gasteiger partial charge in [-0.25, -0.2) is 4.39 Å². The summed E-state index contributed by atoms with van der Waals surface area (Å²) in [5, 5.41) is 0.962. The number of thioether (sulfide) groups is 2. The molecular formula is C12H15ClFNS2. The van der Waals surface area contributed by atoms with Gasteiger partial charge in [0, 0.05) is 33.6 Å². The smallest absolute Gasteiger partial charge is 0.124 e. The molecule has 0 aromatic heterocycles. The zero-order chi connectivity index (χ0) is 12.3. The topological polar surface area (TPSA) is 26.0 Å². The fourth-order valence-electron chi connectivity index (χ4n) is 1.83. The van der Waals surface area contributed by atoms with E-state index in [4.69, 9.17) is 17.3 Å². The van der Waals surface area contributed by atoms with Crippen molar-refractivity contribution in [1.82, 2.24) is 0 Å². The van der Waals surface area contributed by atoms with Crippen LogP contribution in [0.25, 0.3) is 0 Å². The first-order chi connectivity index (χ1) is 8.16. The SMILES string of the molecule is NC(Cc1ccc(F)cc1Cl)C1CSCCS1. The zero-order valence-electron chi connectivity index (χ0n) is 9.36. The van der Waals surface area contributed by atoms with E-state index in [9.17, 15) is 4.39 Å². The molecule has 94 valence electrons. The van der Waals surface area contributed by atoms with E-state index in [-0.39, 0.29) is 11.9 Å². The Morgan fingerprint density at radius 1 is 1.47 bits per heavy atom. The average Bonchev–Trinajstić information content (AvgIpc) is 2.34. The largest absolute Gasteiger partial charge is 0.326 e. The van der Waals surface area contributed by atoms with E-state index in [1.54, 1.807) is 6.07 Å². The molecule has 0 saturated carbocycles. The van der Waals surface area contributed by atoms with Crippen molar-refractivity contribution in [3.63, 3.8) is 0 Å². The highest BCUT2D eigenvalue weighted by Crippen LogP contribution is 2.28. The first kappa shape index (κ1) is 13.5. The summed E-state index contributed by atoms with van der Waals surface area (Å²) in [5.41, 5.74) is 7.14. The number of hydrogen-bond acceptors (Lipinski definition) is 3. The Balaban J connectivity index is 1.99. The molecule has 0 bridgehead atoms. The molecule has 2 atom stereocenters. The number of nitrogens with two attached hydrogens (primary N) is 1. The lowest BCUT2D eigenvalue weighted by Gasteiger charge is -2.27. The molecule has 0 aliphatic carbocycles. The third-order valence-corrected chi connectivity index (χ3v) is 6.08. The normalized spacial score (nSPS) is 22.4. The highest BCUT2D eigenvalue weighted by atomic mass is 35.5. The van der Waals surface area contributed by atoms with E-state index in [1.807, 2.05) is 23.5 Å². The molecule has 1 aromatic carbocycles. The Kier molecular flexibility index (Phi) is 5.03. The maximum atomic E-state index is 12.9. The van der Waals surface area contributed by atoms with Crippen LogP contribution in [-0.2, 0) is 6.42 Å². The maximum Gasteiger partial charge on any atom is 0.124 e. The van der Waals surface area contributed by atoms with Gasteiger partial charge in [0.15, 0.2) is 0 Å². The van der Waals surface area contributed by atoms with Crippen LogP contribution in [-0.4, -0.2) is 28.6 Å². The number of benzene rings is 1. The van der Waals surface area contributed by atoms with E-state index in [2.05, 4.69) is 0 Å². The van der Waals surface area contributed by atoms with Gasteiger partial charge in [0.05, 0.1) is 0 Å². The van der Waals surface area contributed by atoms with E-state index in [0.717, 1.165) is 17.7 Å². The van der Waals surface area contributed by atoms with Gasteiger partial charge in [-0.1, -0.05) is 17.7 Å². The highest BCUT2D eigenvalue weighted by Gasteiger charge is 2.22. The van der Waals surface area contributed by atoms with Crippen molar-refractivity contribution in [2.75, 3.05) is 17.3 Å². The summed E-state index contributed by atoms with van der Waals surface area (Å²) in [6.45, 7) is 0. The molecule has 1 nitrogen and oxygen atoms in total. The molecule has 17 heavy (non-hydrogen) atoms. The van der Waals surface area contributed by atoms with Gasteiger partial charge < -0.3 is 5.73 Å². The zero-order valence-corrected chi connectivity index (χ0v) is 11.8. The lowest BCUT2D eigenvalue weighted by atomic mass is 10.0. The fourth-order valence-corrected chi connectivity index (χ4v) is 4.89. The summed E-state index contributed by atoms with van der Waals surface area (Å²) in [7, 11) is 0. The fraction of sp³-hybridized carbons (Fsp3) is 0.500. The predicted octanol–water partition coefficient (Wildman–Crippen LogP) is 3.20. The lowest BCUT2D eigenvalue weighted by Crippen LogP contribution is -2.38. The Labute approximate surface area is 115 Å². The molecule has 2 N–H and O–H groups in total. The molecule has 1 fully saturated rings. The minimum absolute atomic E-state index is 0.0933. The van der Waals surface area contributed by atoms with Gasteiger partial charge in [0.1, 0.15) is 5.82 Å². The van der Waals surface area contributed by atoms with Crippen LogP contribution in [0.5, 0.6) is 0 Å². The Hall–Kier alpha value is 0.1000. The summed E-state index contributed by atoms with van der Waals surface area (Å²) in [6, 6.07) is 4.62. The average molecular weight is 292 g/mol. The molecule has 0 spiro atoms. The Morgan fingerprint density at radius 3 is 2.94 bits per heavy atom. The van der Waals surface area contributed by atoms with Gasteiger partial charge in [-0.05, 0) is 24.1 Å². The van der Waals surface area contributed by atoms with Crippen molar-refractivity contribution in [3.05, 3.63) is 34.6 Å². The Bertz CT molecular complexity index is 383. The van der Waals surface area contributed by atoms with E-state index in [0.29, 0.717) is 10.3 Å². The first-order valence-corrected chi connectivity index (χ1v) is 8.14. The standard InChI is InChI=1S/C12H15ClFNS2/c13-10-6-9(14)2-1-8(10)5-11(15)12-7-16-3-4-17-12/h1-2,6,11-12H,3-5,7,15H2. The monoisotopic (exact) mass is 291 g/mol. The van der Waals surface area contributed by atoms with Crippen LogP contribution >= 0.6 is 35.1 Å². The summed E-state index contributed by atoms with van der Waals surface area (Å²) in [6.07, 6.45) is 0.720. The van der Waals surface area contributed by atoms with E-state index >= 15 is 0 Å². The first-order valence-electron chi connectivity index (χ1n) is 5.55. The molecule has 1 aliphatic rings. The molecule has 0 amide bonds. The van der Waals surface area contributed by atoms with Crippen molar-refractivity contribution < 1.29 is 4.39 Å². The van der Waals surface area contributed by atoms with Crippen molar-refractivity contribution in [1.29, 1.82) is 0 Å². The van der Waals surface area contributed by atoms with Crippen LogP contribution in [0.4, 0.5) is 4.39 Å². The van der Waals surface area contributed by atoms with Crippen LogP contribution in [0.3, 0.4) is 0 Å². The van der Waals surface area contributed by atoms with Crippen molar-refractivity contribution in [2.45, 2.75) is 17.7 Å². The number of rotatable bonds is 3. The summed E-state index contributed by atoms with van der Waals surface area (Å²) < 4.78 is 12.9. The predicted molar refractivity (Wildman–Crippen MR) is 76.7 cm³/mol. The number of hydrogen-bond donors (Lipinski definition) is 1. The highest BCUT2D eigenvalue weighted by molar-refractivity contribution is 8.06. The van der Waals surface area contributed by atoms with Crippen LogP contribution in [0.2, 0.25) is 5.02 Å². The third kappa shape index (κ3) is 3.78. The summed E-state index contributed by atoms with van der Waals surface area (Å²) in [4.78, 5) is 0. The van der Waals surface area contributed by atoms with Gasteiger partial charge in [-0.15, -0.1) is 0 Å². The van der Waals surface area contributed by atoms with Gasteiger partial charge in [0.2, 0.25) is 0 Å². The van der Waals surface area contributed by atoms with Crippen molar-refractivity contribution >= 4 is 35.1 Å². The van der Waals surface area contributed by atoms with Gasteiger partial charge in [-0.2, -0.15) is 23.5 Å². The summed E-state index contributed by atoms with van der Waals surface area (Å²) >= 11 is 9.90. The molecule has 2 rings (SSSR count). The van der Waals surface area contributed by atoms with Crippen LogP contribution in [0.1, 0.15) is 5.56 Å². The molecule has 1 aromatic rings. The second-order valence-electron chi connectivity index (χ2n) is 4.09. The molecule has 2 unspecified atom stereocenters. The molecule has 0 radical (unpaired) electrons. The van der Waals surface area contributed by atoms with Crippen LogP contribution in [0.15, 0.2) is 18.2 Å². The Morgan fingerprint density at radius 2 is 2.29 bits per heavy atom. The second kappa shape index (κ2) is 6.32. The minimum atomic E-state index is -0.296. The maximum absolute atomic E-state index is 12.9. The lowest BCUT2D eigenvalue weighted by molar-refractivity contribution is 0.623. The molecule has 1 heterocycles. The van der Waals surface area contributed by atoms with Gasteiger partial charge >= 0.3 is 0 Å². The molecule has 1 aliphatic heterocycles. The number of halogens is 2. The van der Waals surface area contributed by atoms with Crippen LogP contribution in [0, 0.1) is 5.82 Å². The molecule has 5 heteroatoms.